The minimum absolute atomic E-state index is 0.309. The number of carbonyl (C=O) groups is 2. The first kappa shape index (κ1) is 11.7. The van der Waals surface area contributed by atoms with Gasteiger partial charge in [-0.05, 0) is 16.3 Å². The van der Waals surface area contributed by atoms with Crippen LogP contribution >= 0.6 is 0 Å². The number of hydrogen-bond donors (Lipinski definition) is 2. The number of aliphatic carboxylic acids is 1. The lowest BCUT2D eigenvalue weighted by atomic mass is 9.86. The average molecular weight is 255 g/mol. The zero-order valence-electron chi connectivity index (χ0n) is 10.2. The van der Waals surface area contributed by atoms with E-state index in [1.165, 1.54) is 0 Å². The van der Waals surface area contributed by atoms with E-state index in [2.05, 4.69) is 5.32 Å². The van der Waals surface area contributed by atoms with E-state index in [1.807, 2.05) is 42.5 Å². The van der Waals surface area contributed by atoms with Crippen LogP contribution in [0.15, 0.2) is 42.5 Å². The highest BCUT2D eigenvalue weighted by molar-refractivity contribution is 6.01. The summed E-state index contributed by atoms with van der Waals surface area (Å²) in [7, 11) is 0. The zero-order chi connectivity index (χ0) is 13.4. The number of fused-ring (bicyclic) bond motifs is 1. The highest BCUT2D eigenvalue weighted by atomic mass is 16.4. The molecule has 19 heavy (non-hydrogen) atoms. The van der Waals surface area contributed by atoms with Gasteiger partial charge in [-0.2, -0.15) is 0 Å². The second kappa shape index (κ2) is 4.39. The SMILES string of the molecule is O=C(O)[C@@H]1C(=O)NC[C@H]1c1cccc2ccccc12. The maximum atomic E-state index is 11.6. The molecule has 0 spiro atoms. The largest absolute Gasteiger partial charge is 0.481 e. The van der Waals surface area contributed by atoms with Crippen LogP contribution in [0.4, 0.5) is 0 Å². The summed E-state index contributed by atoms with van der Waals surface area (Å²) in [4.78, 5) is 22.9. The van der Waals surface area contributed by atoms with Crippen molar-refractivity contribution >= 4 is 22.6 Å². The van der Waals surface area contributed by atoms with Crippen LogP contribution in [0, 0.1) is 5.92 Å². The second-order valence-corrected chi connectivity index (χ2v) is 4.74. The van der Waals surface area contributed by atoms with E-state index < -0.39 is 17.8 Å². The Bertz CT molecular complexity index is 660. The summed E-state index contributed by atoms with van der Waals surface area (Å²) in [5.41, 5.74) is 0.920. The second-order valence-electron chi connectivity index (χ2n) is 4.74. The maximum Gasteiger partial charge on any atom is 0.316 e. The molecule has 2 N–H and O–H groups in total. The fourth-order valence-electron chi connectivity index (χ4n) is 2.77. The van der Waals surface area contributed by atoms with Gasteiger partial charge in [0.05, 0.1) is 0 Å². The molecule has 2 aromatic carbocycles. The molecule has 1 saturated heterocycles. The summed E-state index contributed by atoms with van der Waals surface area (Å²) < 4.78 is 0. The Balaban J connectivity index is 2.14. The van der Waals surface area contributed by atoms with Gasteiger partial charge in [-0.25, -0.2) is 0 Å². The third-order valence-corrected chi connectivity index (χ3v) is 3.67. The predicted molar refractivity (Wildman–Crippen MR) is 70.8 cm³/mol. The first-order chi connectivity index (χ1) is 9.18. The Hall–Kier alpha value is -2.36. The molecule has 1 fully saturated rings. The predicted octanol–water partition coefficient (Wildman–Crippen LogP) is 1.75. The number of nitrogens with one attached hydrogen (secondary N) is 1. The van der Waals surface area contributed by atoms with Crippen molar-refractivity contribution in [1.29, 1.82) is 0 Å². The molecule has 4 heteroatoms. The van der Waals surface area contributed by atoms with Gasteiger partial charge < -0.3 is 10.4 Å². The maximum absolute atomic E-state index is 11.6. The first-order valence-corrected chi connectivity index (χ1v) is 6.16. The van der Waals surface area contributed by atoms with Gasteiger partial charge in [0, 0.05) is 12.5 Å². The van der Waals surface area contributed by atoms with E-state index in [1.54, 1.807) is 0 Å². The van der Waals surface area contributed by atoms with Crippen LogP contribution in [0.1, 0.15) is 11.5 Å². The molecule has 0 saturated carbocycles. The number of carboxylic acid groups (broad SMARTS) is 1. The number of rotatable bonds is 2. The van der Waals surface area contributed by atoms with E-state index in [0.717, 1.165) is 16.3 Å². The Morgan fingerprint density at radius 2 is 1.89 bits per heavy atom. The standard InChI is InChI=1S/C15H13NO3/c17-14-13(15(18)19)12(8-16-14)11-7-3-5-9-4-1-2-6-10(9)11/h1-7,12-13H,8H2,(H,16,17)(H,18,19)/t12-,13-/m0/s1. The molecule has 0 unspecified atom stereocenters. The number of carbonyl (C=O) groups excluding carboxylic acids is 1. The molecule has 4 nitrogen and oxygen atoms in total. The molecule has 1 heterocycles. The van der Waals surface area contributed by atoms with Crippen molar-refractivity contribution in [3.05, 3.63) is 48.0 Å². The molecular formula is C15H13NO3. The minimum Gasteiger partial charge on any atom is -0.481 e. The molecule has 2 atom stereocenters. The molecule has 96 valence electrons. The number of carboxylic acids is 1. The van der Waals surface area contributed by atoms with Crippen molar-refractivity contribution in [1.82, 2.24) is 5.32 Å². The van der Waals surface area contributed by atoms with Gasteiger partial charge in [0.25, 0.3) is 0 Å². The quantitative estimate of drug-likeness (QED) is 0.803. The molecule has 0 bridgehead atoms. The van der Waals surface area contributed by atoms with Crippen molar-refractivity contribution in [2.45, 2.75) is 5.92 Å². The fraction of sp³-hybridized carbons (Fsp3) is 0.200. The molecule has 2 aromatic rings. The Morgan fingerprint density at radius 1 is 1.16 bits per heavy atom. The first-order valence-electron chi connectivity index (χ1n) is 6.16. The van der Waals surface area contributed by atoms with E-state index in [-0.39, 0.29) is 5.92 Å². The van der Waals surface area contributed by atoms with Crippen LogP contribution < -0.4 is 5.32 Å². The van der Waals surface area contributed by atoms with Gasteiger partial charge in [-0.1, -0.05) is 42.5 Å². The average Bonchev–Trinajstić information content (AvgIpc) is 2.80. The summed E-state index contributed by atoms with van der Waals surface area (Å²) in [5.74, 6) is -2.76. The van der Waals surface area contributed by atoms with Crippen molar-refractivity contribution in [2.24, 2.45) is 5.92 Å². The highest BCUT2D eigenvalue weighted by Crippen LogP contribution is 2.33. The van der Waals surface area contributed by atoms with Gasteiger partial charge in [0.1, 0.15) is 5.92 Å². The van der Waals surface area contributed by atoms with Gasteiger partial charge in [0.2, 0.25) is 5.91 Å². The summed E-state index contributed by atoms with van der Waals surface area (Å²) in [6.07, 6.45) is 0. The zero-order valence-corrected chi connectivity index (χ0v) is 10.2. The van der Waals surface area contributed by atoms with Gasteiger partial charge in [0.15, 0.2) is 0 Å². The van der Waals surface area contributed by atoms with Crippen molar-refractivity contribution in [2.75, 3.05) is 6.54 Å². The fourth-order valence-corrected chi connectivity index (χ4v) is 2.77. The molecule has 3 rings (SSSR count). The summed E-state index contributed by atoms with van der Waals surface area (Å²) in [5, 5.41) is 13.9. The molecule has 0 aromatic heterocycles. The normalized spacial score (nSPS) is 22.4. The van der Waals surface area contributed by atoms with E-state index in [0.29, 0.717) is 6.54 Å². The molecular weight excluding hydrogens is 242 g/mol. The lowest BCUT2D eigenvalue weighted by Crippen LogP contribution is -2.26. The topological polar surface area (TPSA) is 66.4 Å². The van der Waals surface area contributed by atoms with Crippen LogP contribution in [-0.4, -0.2) is 23.5 Å². The van der Waals surface area contributed by atoms with E-state index >= 15 is 0 Å². The van der Waals surface area contributed by atoms with Gasteiger partial charge in [-0.3, -0.25) is 9.59 Å². The molecule has 1 amide bonds. The van der Waals surface area contributed by atoms with Crippen LogP contribution in [-0.2, 0) is 9.59 Å². The lowest BCUT2D eigenvalue weighted by molar-refractivity contribution is -0.145. The summed E-state index contributed by atoms with van der Waals surface area (Å²) >= 11 is 0. The van der Waals surface area contributed by atoms with E-state index in [9.17, 15) is 14.7 Å². The third kappa shape index (κ3) is 1.85. The monoisotopic (exact) mass is 255 g/mol. The Morgan fingerprint density at radius 3 is 2.68 bits per heavy atom. The lowest BCUT2D eigenvalue weighted by Gasteiger charge is -2.15. The van der Waals surface area contributed by atoms with Crippen molar-refractivity contribution in [3.63, 3.8) is 0 Å². The minimum atomic E-state index is -1.06. The molecule has 0 aliphatic carbocycles. The van der Waals surface area contributed by atoms with Gasteiger partial charge in [-0.15, -0.1) is 0 Å². The van der Waals surface area contributed by atoms with Crippen LogP contribution in [0.3, 0.4) is 0 Å². The smallest absolute Gasteiger partial charge is 0.316 e. The molecule has 1 aliphatic heterocycles. The number of benzene rings is 2. The molecule has 0 radical (unpaired) electrons. The Kier molecular flexibility index (Phi) is 2.71. The highest BCUT2D eigenvalue weighted by Gasteiger charge is 2.41. The van der Waals surface area contributed by atoms with Crippen molar-refractivity contribution in [3.8, 4) is 0 Å². The number of amides is 1. The summed E-state index contributed by atoms with van der Waals surface area (Å²) in [6, 6.07) is 13.6. The van der Waals surface area contributed by atoms with Crippen LogP contribution in [0.5, 0.6) is 0 Å². The van der Waals surface area contributed by atoms with Crippen LogP contribution in [0.2, 0.25) is 0 Å². The Labute approximate surface area is 110 Å². The number of hydrogen-bond acceptors (Lipinski definition) is 2. The van der Waals surface area contributed by atoms with Crippen molar-refractivity contribution < 1.29 is 14.7 Å². The van der Waals surface area contributed by atoms with Crippen LogP contribution in [0.25, 0.3) is 10.8 Å². The third-order valence-electron chi connectivity index (χ3n) is 3.67. The van der Waals surface area contributed by atoms with E-state index in [4.69, 9.17) is 0 Å². The molecule has 1 aliphatic rings. The summed E-state index contributed by atoms with van der Waals surface area (Å²) in [6.45, 7) is 0.379. The van der Waals surface area contributed by atoms with Gasteiger partial charge >= 0.3 is 5.97 Å².